The van der Waals surface area contributed by atoms with Gasteiger partial charge in [-0.25, -0.2) is 0 Å². The highest BCUT2D eigenvalue weighted by Gasteiger charge is 2.18. The van der Waals surface area contributed by atoms with E-state index in [1.807, 2.05) is 19.9 Å². The Balaban J connectivity index is 0.00000215. The largest absolute Gasteiger partial charge is 0.455 e. The lowest BCUT2D eigenvalue weighted by Crippen LogP contribution is -2.09. The zero-order chi connectivity index (χ0) is 39.6. The molecule has 0 aliphatic carbocycles. The van der Waals surface area contributed by atoms with E-state index in [9.17, 15) is 0 Å². The molecule has 0 aliphatic rings. The minimum atomic E-state index is 0.911. The van der Waals surface area contributed by atoms with Crippen molar-refractivity contribution in [2.75, 3.05) is 4.90 Å². The lowest BCUT2D eigenvalue weighted by Gasteiger charge is -2.26. The van der Waals surface area contributed by atoms with Crippen molar-refractivity contribution in [3.63, 3.8) is 0 Å². The van der Waals surface area contributed by atoms with Gasteiger partial charge in [0.2, 0.25) is 0 Å². The van der Waals surface area contributed by atoms with Gasteiger partial charge in [-0.05, 0) is 123 Å². The van der Waals surface area contributed by atoms with Crippen LogP contribution in [0.15, 0.2) is 199 Å². The van der Waals surface area contributed by atoms with Gasteiger partial charge in [-0.2, -0.15) is 0 Å². The van der Waals surface area contributed by atoms with Crippen LogP contribution in [0, 0.1) is 6.92 Å². The minimum Gasteiger partial charge on any atom is -0.455 e. The van der Waals surface area contributed by atoms with Crippen LogP contribution in [0.2, 0.25) is 0 Å². The maximum atomic E-state index is 6.41. The Labute approximate surface area is 341 Å². The Morgan fingerprint density at radius 1 is 0.431 bits per heavy atom. The van der Waals surface area contributed by atoms with Gasteiger partial charge < -0.3 is 9.32 Å². The molecule has 0 aliphatic heterocycles. The average molecular weight is 748 g/mol. The fraction of sp³-hybridized carbons (Fsp3) is 0.0714. The van der Waals surface area contributed by atoms with E-state index < -0.39 is 0 Å². The Morgan fingerprint density at radius 3 is 1.59 bits per heavy atom. The SMILES string of the molecule is C/C=C\c1c(C)cccc1-c1ccc(N(c2ccc(-c3cccc4ccccc34)cc2)c2ccc(-c3cc4c5ccccc5oc4c4ccccc34)cc2)cc1.CC. The van der Waals surface area contributed by atoms with Crippen molar-refractivity contribution < 1.29 is 4.42 Å². The molecule has 58 heavy (non-hydrogen) atoms. The fourth-order valence-electron chi connectivity index (χ4n) is 8.40. The van der Waals surface area contributed by atoms with Gasteiger partial charge in [0.05, 0.1) is 0 Å². The van der Waals surface area contributed by atoms with Crippen molar-refractivity contribution in [3.05, 3.63) is 205 Å². The van der Waals surface area contributed by atoms with Gasteiger partial charge in [0.25, 0.3) is 0 Å². The number of anilines is 3. The second kappa shape index (κ2) is 15.8. The molecule has 1 heterocycles. The van der Waals surface area contributed by atoms with Crippen LogP contribution >= 0.6 is 0 Å². The zero-order valence-corrected chi connectivity index (χ0v) is 33.4. The molecule has 0 radical (unpaired) electrons. The van der Waals surface area contributed by atoms with Crippen LogP contribution in [0.5, 0.6) is 0 Å². The first kappa shape index (κ1) is 36.5. The van der Waals surface area contributed by atoms with Crippen LogP contribution < -0.4 is 4.90 Å². The molecular weight excluding hydrogens is 703 g/mol. The smallest absolute Gasteiger partial charge is 0.143 e. The number of allylic oxidation sites excluding steroid dienone is 1. The summed E-state index contributed by atoms with van der Waals surface area (Å²) in [5.41, 5.74) is 14.9. The highest BCUT2D eigenvalue weighted by atomic mass is 16.3. The quantitative estimate of drug-likeness (QED) is 0.161. The van der Waals surface area contributed by atoms with E-state index in [-0.39, 0.29) is 0 Å². The molecule has 0 atom stereocenters. The summed E-state index contributed by atoms with van der Waals surface area (Å²) < 4.78 is 6.41. The van der Waals surface area contributed by atoms with Gasteiger partial charge in [0.1, 0.15) is 11.2 Å². The van der Waals surface area contributed by atoms with Gasteiger partial charge in [-0.15, -0.1) is 0 Å². The van der Waals surface area contributed by atoms with Crippen molar-refractivity contribution in [2.24, 2.45) is 0 Å². The van der Waals surface area contributed by atoms with Gasteiger partial charge in [-0.3, -0.25) is 0 Å². The third kappa shape index (κ3) is 6.53. The third-order valence-electron chi connectivity index (χ3n) is 11.1. The number of hydrogen-bond donors (Lipinski definition) is 0. The molecule has 10 aromatic rings. The maximum absolute atomic E-state index is 6.41. The van der Waals surface area contributed by atoms with Gasteiger partial charge in [0, 0.05) is 33.2 Å². The van der Waals surface area contributed by atoms with Gasteiger partial charge in [-0.1, -0.05) is 166 Å². The van der Waals surface area contributed by atoms with Crippen LogP contribution in [0.3, 0.4) is 0 Å². The molecule has 2 heteroatoms. The van der Waals surface area contributed by atoms with E-state index in [1.165, 1.54) is 55.1 Å². The van der Waals surface area contributed by atoms with E-state index in [0.29, 0.717) is 0 Å². The molecule has 0 N–H and O–H groups in total. The Bertz CT molecular complexity index is 3070. The van der Waals surface area contributed by atoms with Crippen LogP contribution in [0.25, 0.3) is 82.9 Å². The summed E-state index contributed by atoms with van der Waals surface area (Å²) in [6, 6.07) is 67.9. The summed E-state index contributed by atoms with van der Waals surface area (Å²) in [6.45, 7) is 8.26. The summed E-state index contributed by atoms with van der Waals surface area (Å²) in [5, 5.41) is 7.08. The average Bonchev–Trinajstić information content (AvgIpc) is 3.67. The van der Waals surface area contributed by atoms with Crippen LogP contribution in [0.4, 0.5) is 17.1 Å². The molecule has 0 bridgehead atoms. The number of nitrogens with zero attached hydrogens (tertiary/aromatic N) is 1. The summed E-state index contributed by atoms with van der Waals surface area (Å²) in [7, 11) is 0. The lowest BCUT2D eigenvalue weighted by molar-refractivity contribution is 0.672. The standard InChI is InChI=1S/C54H39NO.C2H6/c1-3-12-44-36(2)13-10-20-45(44)38-23-29-41(30-24-38)55(42-31-25-39(26-32-42)47-21-11-15-37-14-4-5-16-46(37)47)43-33-27-40(28-34-43)51-35-52-49-18-8-9-22-53(49)56-54(52)50-19-7-6-17-48(50)51;1-2/h3-35H,1-2H3;1-2H3/b12-3-;. The molecule has 280 valence electrons. The molecule has 0 fully saturated rings. The molecule has 1 aromatic heterocycles. The number of rotatable bonds is 7. The van der Waals surface area contributed by atoms with Crippen LogP contribution in [-0.2, 0) is 0 Å². The van der Waals surface area contributed by atoms with Crippen LogP contribution in [-0.4, -0.2) is 0 Å². The number of furan rings is 1. The summed E-state index contributed by atoms with van der Waals surface area (Å²) in [6.07, 6.45) is 4.33. The summed E-state index contributed by atoms with van der Waals surface area (Å²) >= 11 is 0. The normalized spacial score (nSPS) is 11.4. The Morgan fingerprint density at radius 2 is 0.931 bits per heavy atom. The number of fused-ring (bicyclic) bond motifs is 6. The Hall–Kier alpha value is -7.16. The topological polar surface area (TPSA) is 16.4 Å². The van der Waals surface area contributed by atoms with E-state index in [1.54, 1.807) is 0 Å². The lowest BCUT2D eigenvalue weighted by atomic mass is 9.94. The highest BCUT2D eigenvalue weighted by molar-refractivity contribution is 6.19. The van der Waals surface area contributed by atoms with E-state index >= 15 is 0 Å². The molecular formula is C56H45NO. The second-order valence-corrected chi connectivity index (χ2v) is 14.5. The Kier molecular flexibility index (Phi) is 9.91. The first-order valence-corrected chi connectivity index (χ1v) is 20.3. The van der Waals surface area contributed by atoms with Gasteiger partial charge in [0.15, 0.2) is 0 Å². The van der Waals surface area contributed by atoms with Crippen molar-refractivity contribution >= 4 is 66.6 Å². The minimum absolute atomic E-state index is 0.911. The molecule has 9 aromatic carbocycles. The molecule has 2 nitrogen and oxygen atoms in total. The van der Waals surface area contributed by atoms with E-state index in [0.717, 1.165) is 50.0 Å². The number of aryl methyl sites for hydroxylation is 1. The summed E-state index contributed by atoms with van der Waals surface area (Å²) in [4.78, 5) is 2.36. The molecule has 0 amide bonds. The predicted molar refractivity (Wildman–Crippen MR) is 251 cm³/mol. The fourth-order valence-corrected chi connectivity index (χ4v) is 8.40. The predicted octanol–water partition coefficient (Wildman–Crippen LogP) is 16.7. The molecule has 0 saturated heterocycles. The first-order chi connectivity index (χ1) is 28.6. The first-order valence-electron chi connectivity index (χ1n) is 20.3. The summed E-state index contributed by atoms with van der Waals surface area (Å²) in [5.74, 6) is 0. The number of benzene rings is 9. The second-order valence-electron chi connectivity index (χ2n) is 14.5. The zero-order valence-electron chi connectivity index (χ0n) is 33.4. The van der Waals surface area contributed by atoms with Crippen molar-refractivity contribution in [1.82, 2.24) is 0 Å². The van der Waals surface area contributed by atoms with Crippen LogP contribution in [0.1, 0.15) is 31.9 Å². The monoisotopic (exact) mass is 747 g/mol. The van der Waals surface area contributed by atoms with Crippen molar-refractivity contribution in [1.29, 1.82) is 0 Å². The number of hydrogen-bond acceptors (Lipinski definition) is 2. The molecule has 0 unspecified atom stereocenters. The molecule has 0 spiro atoms. The maximum Gasteiger partial charge on any atom is 0.143 e. The van der Waals surface area contributed by atoms with E-state index in [4.69, 9.17) is 4.42 Å². The molecule has 10 rings (SSSR count). The van der Waals surface area contributed by atoms with Crippen molar-refractivity contribution in [2.45, 2.75) is 27.7 Å². The highest BCUT2D eigenvalue weighted by Crippen LogP contribution is 2.42. The van der Waals surface area contributed by atoms with Crippen molar-refractivity contribution in [3.8, 4) is 33.4 Å². The van der Waals surface area contributed by atoms with E-state index in [2.05, 4.69) is 213 Å². The number of para-hydroxylation sites is 1. The molecule has 0 saturated carbocycles. The van der Waals surface area contributed by atoms with Gasteiger partial charge >= 0.3 is 0 Å². The third-order valence-corrected chi connectivity index (χ3v) is 11.1.